The zero-order chi connectivity index (χ0) is 12.3. The highest BCUT2D eigenvalue weighted by atomic mass is 35.5. The number of anilines is 1. The SMILES string of the molecule is CN(CC1CNCCO1)c1ncc(Cl)cc1Cl. The number of aromatic nitrogens is 1. The van der Waals surface area contributed by atoms with E-state index in [1.54, 1.807) is 12.3 Å². The molecule has 1 fully saturated rings. The fourth-order valence-corrected chi connectivity index (χ4v) is 2.34. The van der Waals surface area contributed by atoms with Crippen molar-refractivity contribution in [1.82, 2.24) is 10.3 Å². The van der Waals surface area contributed by atoms with Crippen molar-refractivity contribution in [1.29, 1.82) is 0 Å². The van der Waals surface area contributed by atoms with E-state index in [0.29, 0.717) is 10.0 Å². The number of morpholine rings is 1. The first-order valence-corrected chi connectivity index (χ1v) is 6.27. The first kappa shape index (κ1) is 12.9. The van der Waals surface area contributed by atoms with Crippen molar-refractivity contribution >= 4 is 29.0 Å². The van der Waals surface area contributed by atoms with Crippen LogP contribution in [0.25, 0.3) is 0 Å². The van der Waals surface area contributed by atoms with Crippen LogP contribution in [0.3, 0.4) is 0 Å². The van der Waals surface area contributed by atoms with Gasteiger partial charge < -0.3 is 15.0 Å². The molecule has 1 aromatic rings. The Morgan fingerprint density at radius 1 is 1.59 bits per heavy atom. The molecule has 0 saturated carbocycles. The van der Waals surface area contributed by atoms with Crippen LogP contribution < -0.4 is 10.2 Å². The normalized spacial score (nSPS) is 20.3. The van der Waals surface area contributed by atoms with Crippen LogP contribution in [0.2, 0.25) is 10.0 Å². The summed E-state index contributed by atoms with van der Waals surface area (Å²) < 4.78 is 5.63. The minimum atomic E-state index is 0.169. The summed E-state index contributed by atoms with van der Waals surface area (Å²) in [6.45, 7) is 3.28. The standard InChI is InChI=1S/C11H15Cl2N3O/c1-16(7-9-6-14-2-3-17-9)11-10(13)4-8(12)5-15-11/h4-5,9,14H,2-3,6-7H2,1H3. The number of ether oxygens (including phenoxy) is 1. The molecule has 0 bridgehead atoms. The highest BCUT2D eigenvalue weighted by molar-refractivity contribution is 6.35. The number of likely N-dealkylation sites (N-methyl/N-ethyl adjacent to an activating group) is 1. The Balaban J connectivity index is 2.00. The van der Waals surface area contributed by atoms with Crippen LogP contribution in [0.4, 0.5) is 5.82 Å². The quantitative estimate of drug-likeness (QED) is 0.913. The molecule has 1 aliphatic rings. The Kier molecular flexibility index (Phi) is 4.45. The lowest BCUT2D eigenvalue weighted by atomic mass is 10.3. The summed E-state index contributed by atoms with van der Waals surface area (Å²) >= 11 is 11.9. The van der Waals surface area contributed by atoms with E-state index in [-0.39, 0.29) is 6.10 Å². The molecule has 6 heteroatoms. The van der Waals surface area contributed by atoms with Gasteiger partial charge in [0.25, 0.3) is 0 Å². The van der Waals surface area contributed by atoms with E-state index in [1.165, 1.54) is 0 Å². The molecule has 17 heavy (non-hydrogen) atoms. The molecule has 1 saturated heterocycles. The third-order valence-electron chi connectivity index (χ3n) is 2.63. The van der Waals surface area contributed by atoms with Gasteiger partial charge in [-0.05, 0) is 6.07 Å². The van der Waals surface area contributed by atoms with Crippen molar-refractivity contribution in [2.24, 2.45) is 0 Å². The lowest BCUT2D eigenvalue weighted by Gasteiger charge is -2.28. The summed E-state index contributed by atoms with van der Waals surface area (Å²) in [6.07, 6.45) is 1.77. The van der Waals surface area contributed by atoms with E-state index in [2.05, 4.69) is 10.3 Å². The highest BCUT2D eigenvalue weighted by Gasteiger charge is 2.17. The average molecular weight is 276 g/mol. The number of hydrogen-bond acceptors (Lipinski definition) is 4. The van der Waals surface area contributed by atoms with Crippen LogP contribution in [-0.4, -0.2) is 44.4 Å². The van der Waals surface area contributed by atoms with E-state index in [4.69, 9.17) is 27.9 Å². The zero-order valence-electron chi connectivity index (χ0n) is 9.62. The second-order valence-corrected chi connectivity index (χ2v) is 4.88. The summed E-state index contributed by atoms with van der Waals surface area (Å²) in [5.74, 6) is 0.727. The van der Waals surface area contributed by atoms with Crippen molar-refractivity contribution in [2.45, 2.75) is 6.10 Å². The maximum Gasteiger partial charge on any atom is 0.147 e. The average Bonchev–Trinajstić information content (AvgIpc) is 2.30. The van der Waals surface area contributed by atoms with Crippen LogP contribution in [0.15, 0.2) is 12.3 Å². The van der Waals surface area contributed by atoms with Crippen LogP contribution >= 0.6 is 23.2 Å². The van der Waals surface area contributed by atoms with Gasteiger partial charge in [0.2, 0.25) is 0 Å². The molecule has 1 N–H and O–H groups in total. The molecule has 0 radical (unpaired) electrons. The van der Waals surface area contributed by atoms with E-state index in [9.17, 15) is 0 Å². The molecule has 1 unspecified atom stereocenters. The molecular weight excluding hydrogens is 261 g/mol. The number of nitrogens with zero attached hydrogens (tertiary/aromatic N) is 2. The maximum absolute atomic E-state index is 6.10. The lowest BCUT2D eigenvalue weighted by Crippen LogP contribution is -2.44. The first-order valence-electron chi connectivity index (χ1n) is 5.51. The summed E-state index contributed by atoms with van der Waals surface area (Å²) in [6, 6.07) is 1.70. The van der Waals surface area contributed by atoms with Gasteiger partial charge in [-0.3, -0.25) is 0 Å². The van der Waals surface area contributed by atoms with E-state index in [1.807, 2.05) is 11.9 Å². The second kappa shape index (κ2) is 5.87. The molecule has 0 aliphatic carbocycles. The van der Waals surface area contributed by atoms with Crippen molar-refractivity contribution < 1.29 is 4.74 Å². The van der Waals surface area contributed by atoms with Gasteiger partial charge in [-0.25, -0.2) is 4.98 Å². The van der Waals surface area contributed by atoms with Gasteiger partial charge in [0.05, 0.1) is 22.8 Å². The topological polar surface area (TPSA) is 37.4 Å². The lowest BCUT2D eigenvalue weighted by molar-refractivity contribution is 0.0339. The number of hydrogen-bond donors (Lipinski definition) is 1. The van der Waals surface area contributed by atoms with E-state index < -0.39 is 0 Å². The van der Waals surface area contributed by atoms with Gasteiger partial charge in [-0.15, -0.1) is 0 Å². The molecular formula is C11H15Cl2N3O. The molecule has 94 valence electrons. The molecule has 1 atom stereocenters. The Hall–Kier alpha value is -0.550. The smallest absolute Gasteiger partial charge is 0.147 e. The van der Waals surface area contributed by atoms with Gasteiger partial charge in [-0.2, -0.15) is 0 Å². The van der Waals surface area contributed by atoms with Crippen molar-refractivity contribution in [3.05, 3.63) is 22.3 Å². The Labute approximate surface area is 111 Å². The van der Waals surface area contributed by atoms with Crippen molar-refractivity contribution in [3.63, 3.8) is 0 Å². The monoisotopic (exact) mass is 275 g/mol. The third-order valence-corrected chi connectivity index (χ3v) is 3.12. The van der Waals surface area contributed by atoms with Gasteiger partial charge in [0, 0.05) is 32.9 Å². The fraction of sp³-hybridized carbons (Fsp3) is 0.545. The number of nitrogens with one attached hydrogen (secondary N) is 1. The van der Waals surface area contributed by atoms with Crippen LogP contribution in [0.5, 0.6) is 0 Å². The molecule has 0 spiro atoms. The van der Waals surface area contributed by atoms with Gasteiger partial charge in [-0.1, -0.05) is 23.2 Å². The second-order valence-electron chi connectivity index (χ2n) is 4.04. The van der Waals surface area contributed by atoms with E-state index >= 15 is 0 Å². The first-order chi connectivity index (χ1) is 8.16. The van der Waals surface area contributed by atoms with Crippen molar-refractivity contribution in [2.75, 3.05) is 38.2 Å². The molecule has 1 aliphatic heterocycles. The summed E-state index contributed by atoms with van der Waals surface area (Å²) in [7, 11) is 1.94. The number of rotatable bonds is 3. The van der Waals surface area contributed by atoms with Crippen molar-refractivity contribution in [3.8, 4) is 0 Å². The molecule has 4 nitrogen and oxygen atoms in total. The van der Waals surface area contributed by atoms with E-state index in [0.717, 1.165) is 32.1 Å². The van der Waals surface area contributed by atoms with Gasteiger partial charge in [0.15, 0.2) is 0 Å². The van der Waals surface area contributed by atoms with Gasteiger partial charge in [0.1, 0.15) is 5.82 Å². The predicted octanol–water partition coefficient (Wildman–Crippen LogP) is 1.81. The summed E-state index contributed by atoms with van der Waals surface area (Å²) in [4.78, 5) is 6.21. The fourth-order valence-electron chi connectivity index (χ4n) is 1.82. The largest absolute Gasteiger partial charge is 0.374 e. The van der Waals surface area contributed by atoms with Crippen LogP contribution in [0, 0.1) is 0 Å². The minimum Gasteiger partial charge on any atom is -0.374 e. The third kappa shape index (κ3) is 3.45. The predicted molar refractivity (Wildman–Crippen MR) is 70.1 cm³/mol. The minimum absolute atomic E-state index is 0.169. The molecule has 2 heterocycles. The van der Waals surface area contributed by atoms with Crippen LogP contribution in [0.1, 0.15) is 0 Å². The maximum atomic E-state index is 6.10. The zero-order valence-corrected chi connectivity index (χ0v) is 11.1. The summed E-state index contributed by atoms with van der Waals surface area (Å²) in [5.41, 5.74) is 0. The Morgan fingerprint density at radius 2 is 2.41 bits per heavy atom. The molecule has 2 rings (SSSR count). The van der Waals surface area contributed by atoms with Gasteiger partial charge >= 0.3 is 0 Å². The molecule has 0 aromatic carbocycles. The molecule has 0 amide bonds. The van der Waals surface area contributed by atoms with Crippen LogP contribution in [-0.2, 0) is 4.74 Å². The Bertz CT molecular complexity index is 383. The summed E-state index contributed by atoms with van der Waals surface area (Å²) in [5, 5.41) is 4.39. The number of halogens is 2. The number of pyridine rings is 1. The Morgan fingerprint density at radius 3 is 3.06 bits per heavy atom. The molecule has 1 aromatic heterocycles. The highest BCUT2D eigenvalue weighted by Crippen LogP contribution is 2.25.